The highest BCUT2D eigenvalue weighted by Gasteiger charge is 2.25. The van der Waals surface area contributed by atoms with Gasteiger partial charge in [-0.15, -0.1) is 0 Å². The fourth-order valence-corrected chi connectivity index (χ4v) is 2.77. The zero-order valence-electron chi connectivity index (χ0n) is 12.8. The molecule has 1 fully saturated rings. The molecule has 2 unspecified atom stereocenters. The number of nitrogens with one attached hydrogen (secondary N) is 2. The average molecular weight is 284 g/mol. The second kappa shape index (κ2) is 8.25. The van der Waals surface area contributed by atoms with Crippen LogP contribution in [0.15, 0.2) is 0 Å². The molecular formula is C15H28N2O3. The van der Waals surface area contributed by atoms with Gasteiger partial charge >= 0.3 is 5.97 Å². The van der Waals surface area contributed by atoms with Crippen molar-refractivity contribution in [1.82, 2.24) is 10.6 Å². The molecule has 1 aliphatic heterocycles. The monoisotopic (exact) mass is 284 g/mol. The van der Waals surface area contributed by atoms with E-state index in [9.17, 15) is 9.59 Å². The number of hydrogen-bond acceptors (Lipinski definition) is 3. The molecule has 0 aromatic rings. The van der Waals surface area contributed by atoms with Gasteiger partial charge in [0.2, 0.25) is 5.91 Å². The van der Waals surface area contributed by atoms with Gasteiger partial charge in [-0.05, 0) is 50.1 Å². The Morgan fingerprint density at radius 1 is 1.35 bits per heavy atom. The predicted molar refractivity (Wildman–Crippen MR) is 78.4 cm³/mol. The number of hydrogen-bond donors (Lipinski definition) is 3. The maximum absolute atomic E-state index is 12.0. The Balaban J connectivity index is 2.41. The van der Waals surface area contributed by atoms with Crippen molar-refractivity contribution in [2.24, 2.45) is 17.8 Å². The highest BCUT2D eigenvalue weighted by atomic mass is 16.4. The maximum atomic E-state index is 12.0. The lowest BCUT2D eigenvalue weighted by Gasteiger charge is -2.28. The van der Waals surface area contributed by atoms with Crippen molar-refractivity contribution in [2.75, 3.05) is 13.1 Å². The molecule has 0 aliphatic carbocycles. The fourth-order valence-electron chi connectivity index (χ4n) is 2.77. The van der Waals surface area contributed by atoms with Crippen molar-refractivity contribution in [3.63, 3.8) is 0 Å². The first kappa shape index (κ1) is 17.0. The molecule has 0 spiro atoms. The van der Waals surface area contributed by atoms with Gasteiger partial charge in [0.25, 0.3) is 0 Å². The highest BCUT2D eigenvalue weighted by molar-refractivity contribution is 5.83. The van der Waals surface area contributed by atoms with Gasteiger partial charge in [0.05, 0.1) is 0 Å². The SMILES string of the molecule is CC(C)C[C@@H](NC(=O)CC(C)C1CCCNC1)C(=O)O. The Bertz CT molecular complexity index is 325. The summed E-state index contributed by atoms with van der Waals surface area (Å²) in [5, 5.41) is 15.1. The molecule has 5 heteroatoms. The summed E-state index contributed by atoms with van der Waals surface area (Å²) in [5.41, 5.74) is 0. The summed E-state index contributed by atoms with van der Waals surface area (Å²) < 4.78 is 0. The van der Waals surface area contributed by atoms with Gasteiger partial charge < -0.3 is 15.7 Å². The summed E-state index contributed by atoms with van der Waals surface area (Å²) in [4.78, 5) is 23.1. The van der Waals surface area contributed by atoms with Crippen LogP contribution in [-0.2, 0) is 9.59 Å². The molecule has 0 aromatic heterocycles. The minimum absolute atomic E-state index is 0.142. The van der Waals surface area contributed by atoms with Crippen LogP contribution in [0.2, 0.25) is 0 Å². The number of carbonyl (C=O) groups is 2. The van der Waals surface area contributed by atoms with E-state index in [1.807, 2.05) is 13.8 Å². The molecule has 0 saturated carbocycles. The second-order valence-corrected chi connectivity index (χ2v) is 6.38. The molecule has 1 heterocycles. The van der Waals surface area contributed by atoms with E-state index in [0.29, 0.717) is 18.8 Å². The van der Waals surface area contributed by atoms with Crippen LogP contribution in [-0.4, -0.2) is 36.1 Å². The number of carboxylic acid groups (broad SMARTS) is 1. The van der Waals surface area contributed by atoms with Crippen molar-refractivity contribution in [3.05, 3.63) is 0 Å². The smallest absolute Gasteiger partial charge is 0.326 e. The highest BCUT2D eigenvalue weighted by Crippen LogP contribution is 2.22. The van der Waals surface area contributed by atoms with E-state index in [-0.39, 0.29) is 17.7 Å². The molecule has 20 heavy (non-hydrogen) atoms. The molecule has 5 nitrogen and oxygen atoms in total. The van der Waals surface area contributed by atoms with Crippen LogP contribution in [0.5, 0.6) is 0 Å². The van der Waals surface area contributed by atoms with Gasteiger partial charge in [0.15, 0.2) is 0 Å². The lowest BCUT2D eigenvalue weighted by Crippen LogP contribution is -2.43. The minimum Gasteiger partial charge on any atom is -0.480 e. The van der Waals surface area contributed by atoms with E-state index < -0.39 is 12.0 Å². The molecule has 1 saturated heterocycles. The predicted octanol–water partition coefficient (Wildman–Crippen LogP) is 1.63. The van der Waals surface area contributed by atoms with Gasteiger partial charge in [-0.25, -0.2) is 4.79 Å². The summed E-state index contributed by atoms with van der Waals surface area (Å²) in [7, 11) is 0. The number of piperidine rings is 1. The van der Waals surface area contributed by atoms with E-state index in [2.05, 4.69) is 17.6 Å². The lowest BCUT2D eigenvalue weighted by atomic mass is 9.85. The van der Waals surface area contributed by atoms with Gasteiger partial charge in [0, 0.05) is 6.42 Å². The van der Waals surface area contributed by atoms with E-state index in [1.165, 1.54) is 0 Å². The van der Waals surface area contributed by atoms with Crippen molar-refractivity contribution >= 4 is 11.9 Å². The van der Waals surface area contributed by atoms with Crippen molar-refractivity contribution in [1.29, 1.82) is 0 Å². The molecule has 116 valence electrons. The molecule has 0 aromatic carbocycles. The zero-order chi connectivity index (χ0) is 15.1. The fraction of sp³-hybridized carbons (Fsp3) is 0.867. The molecule has 1 amide bonds. The lowest BCUT2D eigenvalue weighted by molar-refractivity contribution is -0.142. The summed E-state index contributed by atoms with van der Waals surface area (Å²) in [6, 6.07) is -0.765. The molecule has 1 rings (SSSR count). The van der Waals surface area contributed by atoms with Crippen molar-refractivity contribution in [2.45, 2.75) is 52.5 Å². The van der Waals surface area contributed by atoms with Crippen molar-refractivity contribution < 1.29 is 14.7 Å². The van der Waals surface area contributed by atoms with Crippen LogP contribution in [0.25, 0.3) is 0 Å². The van der Waals surface area contributed by atoms with E-state index in [0.717, 1.165) is 25.9 Å². The molecule has 3 atom stereocenters. The van der Waals surface area contributed by atoms with E-state index >= 15 is 0 Å². The summed E-state index contributed by atoms with van der Waals surface area (Å²) in [6.45, 7) is 8.01. The number of carbonyl (C=O) groups excluding carboxylic acids is 1. The summed E-state index contributed by atoms with van der Waals surface area (Å²) in [6.07, 6.45) is 3.19. The average Bonchev–Trinajstić information content (AvgIpc) is 2.38. The third-order valence-corrected chi connectivity index (χ3v) is 3.99. The number of carboxylic acids is 1. The normalized spacial score (nSPS) is 22.3. The molecule has 0 radical (unpaired) electrons. The first-order valence-corrected chi connectivity index (χ1v) is 7.63. The minimum atomic E-state index is -0.945. The second-order valence-electron chi connectivity index (χ2n) is 6.38. The number of rotatable bonds is 7. The Labute approximate surface area is 121 Å². The van der Waals surface area contributed by atoms with Crippen LogP contribution < -0.4 is 10.6 Å². The first-order valence-electron chi connectivity index (χ1n) is 7.63. The quantitative estimate of drug-likeness (QED) is 0.664. The van der Waals surface area contributed by atoms with Crippen LogP contribution in [0.1, 0.15) is 46.5 Å². The van der Waals surface area contributed by atoms with E-state index in [1.54, 1.807) is 0 Å². The topological polar surface area (TPSA) is 78.4 Å². The molecule has 1 aliphatic rings. The maximum Gasteiger partial charge on any atom is 0.326 e. The van der Waals surface area contributed by atoms with Crippen LogP contribution in [0, 0.1) is 17.8 Å². The van der Waals surface area contributed by atoms with Gasteiger partial charge in [-0.2, -0.15) is 0 Å². The summed E-state index contributed by atoms with van der Waals surface area (Å²) >= 11 is 0. The van der Waals surface area contributed by atoms with Gasteiger partial charge in [-0.1, -0.05) is 20.8 Å². The Kier molecular flexibility index (Phi) is 6.99. The Morgan fingerprint density at radius 2 is 2.05 bits per heavy atom. The van der Waals surface area contributed by atoms with Crippen LogP contribution >= 0.6 is 0 Å². The third kappa shape index (κ3) is 5.90. The van der Waals surface area contributed by atoms with E-state index in [4.69, 9.17) is 5.11 Å². The van der Waals surface area contributed by atoms with Crippen LogP contribution in [0.3, 0.4) is 0 Å². The zero-order valence-corrected chi connectivity index (χ0v) is 12.8. The first-order chi connectivity index (χ1) is 9.40. The number of aliphatic carboxylic acids is 1. The molecular weight excluding hydrogens is 256 g/mol. The molecule has 3 N–H and O–H groups in total. The third-order valence-electron chi connectivity index (χ3n) is 3.99. The standard InChI is InChI=1S/C15H28N2O3/c1-10(2)7-13(15(19)20)17-14(18)8-11(3)12-5-4-6-16-9-12/h10-13,16H,4-9H2,1-3H3,(H,17,18)(H,19,20)/t11?,12?,13-/m1/s1. The van der Waals surface area contributed by atoms with Crippen molar-refractivity contribution in [3.8, 4) is 0 Å². The van der Waals surface area contributed by atoms with Crippen LogP contribution in [0.4, 0.5) is 0 Å². The Hall–Kier alpha value is -1.10. The number of amides is 1. The Morgan fingerprint density at radius 3 is 2.55 bits per heavy atom. The van der Waals surface area contributed by atoms with Gasteiger partial charge in [0.1, 0.15) is 6.04 Å². The molecule has 0 bridgehead atoms. The van der Waals surface area contributed by atoms with Gasteiger partial charge in [-0.3, -0.25) is 4.79 Å². The summed E-state index contributed by atoms with van der Waals surface area (Å²) in [5.74, 6) is -0.0364. The largest absolute Gasteiger partial charge is 0.480 e.